The molecule has 188 valence electrons. The first-order valence-electron chi connectivity index (χ1n) is 12.6. The second-order valence-corrected chi connectivity index (χ2v) is 9.12. The molecule has 0 aliphatic heterocycles. The van der Waals surface area contributed by atoms with E-state index in [2.05, 4.69) is 79.0 Å². The quantitative estimate of drug-likeness (QED) is 0.246. The molecule has 0 spiro atoms. The summed E-state index contributed by atoms with van der Waals surface area (Å²) in [6.07, 6.45) is 2.93. The summed E-state index contributed by atoms with van der Waals surface area (Å²) in [6, 6.07) is 38.6. The van der Waals surface area contributed by atoms with Gasteiger partial charge >= 0.3 is 6.03 Å². The molecule has 0 atom stereocenters. The first-order valence-corrected chi connectivity index (χ1v) is 12.6. The van der Waals surface area contributed by atoms with Crippen LogP contribution in [0.3, 0.4) is 0 Å². The number of nitrogens with one attached hydrogen (secondary N) is 1. The number of hydrogen-bond acceptors (Lipinski definition) is 2. The molecule has 0 aliphatic rings. The maximum atomic E-state index is 13.6. The summed E-state index contributed by atoms with van der Waals surface area (Å²) in [4.78, 5) is 15.5. The van der Waals surface area contributed by atoms with Crippen molar-refractivity contribution in [3.05, 3.63) is 138 Å². The summed E-state index contributed by atoms with van der Waals surface area (Å²) in [6.45, 7) is 3.18. The molecule has 0 bridgehead atoms. The molecule has 4 aromatic rings. The molecule has 0 saturated carbocycles. The minimum Gasteiger partial charge on any atom is -0.495 e. The highest BCUT2D eigenvalue weighted by Crippen LogP contribution is 2.29. The fraction of sp³-hybridized carbons (Fsp3) is 0.182. The highest BCUT2D eigenvalue weighted by atomic mass is 16.5. The Balaban J connectivity index is 1.58. The molecule has 0 unspecified atom stereocenters. The van der Waals surface area contributed by atoms with Crippen LogP contribution < -0.4 is 10.1 Å². The SMILES string of the molecule is COc1ccccc1NC(=O)N(CCC(c1ccccc1)c1ccccc1)C/C(C)=C\c1ccccc1. The van der Waals surface area contributed by atoms with Crippen LogP contribution in [-0.4, -0.2) is 31.1 Å². The molecule has 4 nitrogen and oxygen atoms in total. The fourth-order valence-electron chi connectivity index (χ4n) is 4.56. The van der Waals surface area contributed by atoms with Gasteiger partial charge in [-0.25, -0.2) is 4.79 Å². The number of carbonyl (C=O) groups excluding carboxylic acids is 1. The van der Waals surface area contributed by atoms with Crippen molar-refractivity contribution < 1.29 is 9.53 Å². The van der Waals surface area contributed by atoms with Crippen LogP contribution >= 0.6 is 0 Å². The predicted octanol–water partition coefficient (Wildman–Crippen LogP) is 7.85. The summed E-state index contributed by atoms with van der Waals surface area (Å²) in [7, 11) is 1.61. The van der Waals surface area contributed by atoms with Gasteiger partial charge in [0.2, 0.25) is 0 Å². The van der Waals surface area contributed by atoms with Crippen LogP contribution in [0.15, 0.2) is 121 Å². The highest BCUT2D eigenvalue weighted by Gasteiger charge is 2.20. The Labute approximate surface area is 220 Å². The van der Waals surface area contributed by atoms with E-state index in [1.54, 1.807) is 7.11 Å². The molecule has 2 amide bonds. The molecule has 37 heavy (non-hydrogen) atoms. The fourth-order valence-corrected chi connectivity index (χ4v) is 4.56. The van der Waals surface area contributed by atoms with Gasteiger partial charge in [0.15, 0.2) is 0 Å². The minimum atomic E-state index is -0.148. The Morgan fingerprint density at radius 2 is 1.35 bits per heavy atom. The van der Waals surface area contributed by atoms with Crippen molar-refractivity contribution in [1.82, 2.24) is 4.90 Å². The minimum absolute atomic E-state index is 0.148. The monoisotopic (exact) mass is 490 g/mol. The van der Waals surface area contributed by atoms with E-state index in [0.717, 1.165) is 17.6 Å². The van der Waals surface area contributed by atoms with Crippen molar-refractivity contribution in [2.24, 2.45) is 0 Å². The van der Waals surface area contributed by atoms with Crippen molar-refractivity contribution >= 4 is 17.8 Å². The van der Waals surface area contributed by atoms with Gasteiger partial charge in [-0.05, 0) is 42.2 Å². The third kappa shape index (κ3) is 7.34. The Bertz CT molecular complexity index is 1250. The molecule has 0 fully saturated rings. The van der Waals surface area contributed by atoms with Gasteiger partial charge in [-0.3, -0.25) is 0 Å². The Kier molecular flexibility index (Phi) is 9.14. The number of benzene rings is 4. The van der Waals surface area contributed by atoms with E-state index in [-0.39, 0.29) is 11.9 Å². The molecule has 0 saturated heterocycles. The third-order valence-electron chi connectivity index (χ3n) is 6.38. The van der Waals surface area contributed by atoms with E-state index < -0.39 is 0 Å². The van der Waals surface area contributed by atoms with Gasteiger partial charge in [-0.15, -0.1) is 0 Å². The molecule has 4 heteroatoms. The maximum Gasteiger partial charge on any atom is 0.322 e. The van der Waals surface area contributed by atoms with Crippen LogP contribution in [0.5, 0.6) is 5.75 Å². The largest absolute Gasteiger partial charge is 0.495 e. The van der Waals surface area contributed by atoms with Gasteiger partial charge in [-0.2, -0.15) is 0 Å². The van der Waals surface area contributed by atoms with Crippen molar-refractivity contribution in [3.8, 4) is 5.75 Å². The van der Waals surface area contributed by atoms with E-state index in [1.165, 1.54) is 11.1 Å². The van der Waals surface area contributed by atoms with Crippen molar-refractivity contribution in [3.63, 3.8) is 0 Å². The molecule has 0 heterocycles. The lowest BCUT2D eigenvalue weighted by Crippen LogP contribution is -2.37. The number of hydrogen-bond donors (Lipinski definition) is 1. The number of para-hydroxylation sites is 2. The van der Waals surface area contributed by atoms with E-state index in [0.29, 0.717) is 24.5 Å². The van der Waals surface area contributed by atoms with E-state index in [1.807, 2.05) is 59.5 Å². The van der Waals surface area contributed by atoms with Gasteiger partial charge in [-0.1, -0.05) is 115 Å². The first-order chi connectivity index (χ1) is 18.1. The lowest BCUT2D eigenvalue weighted by Gasteiger charge is -2.27. The number of ether oxygens (including phenoxy) is 1. The van der Waals surface area contributed by atoms with Crippen molar-refractivity contribution in [1.29, 1.82) is 0 Å². The number of methoxy groups -OCH3 is 1. The zero-order chi connectivity index (χ0) is 25.9. The number of nitrogens with zero attached hydrogens (tertiary/aromatic N) is 1. The molecular formula is C33H34N2O2. The summed E-state index contributed by atoms with van der Waals surface area (Å²) in [5.41, 5.74) is 5.38. The predicted molar refractivity (Wildman–Crippen MR) is 153 cm³/mol. The molecule has 0 aliphatic carbocycles. The van der Waals surface area contributed by atoms with Crippen molar-refractivity contribution in [2.75, 3.05) is 25.5 Å². The van der Waals surface area contributed by atoms with Gasteiger partial charge in [0.05, 0.1) is 12.8 Å². The first kappa shape index (κ1) is 25.8. The summed E-state index contributed by atoms with van der Waals surface area (Å²) in [5, 5.41) is 3.07. The lowest BCUT2D eigenvalue weighted by atomic mass is 9.88. The smallest absolute Gasteiger partial charge is 0.322 e. The number of amides is 2. The molecule has 4 rings (SSSR count). The Morgan fingerprint density at radius 3 is 1.95 bits per heavy atom. The summed E-state index contributed by atoms with van der Waals surface area (Å²) < 4.78 is 5.46. The van der Waals surface area contributed by atoms with Crippen LogP contribution in [0, 0.1) is 0 Å². The maximum absolute atomic E-state index is 13.6. The second kappa shape index (κ2) is 13.1. The Morgan fingerprint density at radius 1 is 0.811 bits per heavy atom. The van der Waals surface area contributed by atoms with Gasteiger partial charge in [0.25, 0.3) is 0 Å². The molecular weight excluding hydrogens is 456 g/mol. The van der Waals surface area contributed by atoms with Crippen LogP contribution in [0.25, 0.3) is 6.08 Å². The third-order valence-corrected chi connectivity index (χ3v) is 6.38. The molecule has 0 aromatic heterocycles. The molecule has 0 radical (unpaired) electrons. The lowest BCUT2D eigenvalue weighted by molar-refractivity contribution is 0.214. The van der Waals surface area contributed by atoms with E-state index >= 15 is 0 Å². The van der Waals surface area contributed by atoms with Crippen LogP contribution in [0.1, 0.15) is 36.0 Å². The summed E-state index contributed by atoms with van der Waals surface area (Å²) in [5.74, 6) is 0.821. The topological polar surface area (TPSA) is 41.6 Å². The summed E-state index contributed by atoms with van der Waals surface area (Å²) >= 11 is 0. The average molecular weight is 491 g/mol. The van der Waals surface area contributed by atoms with Crippen LogP contribution in [0.2, 0.25) is 0 Å². The number of urea groups is 1. The molecule has 1 N–H and O–H groups in total. The Hall–Kier alpha value is -4.31. The van der Waals surface area contributed by atoms with Crippen LogP contribution in [0.4, 0.5) is 10.5 Å². The van der Waals surface area contributed by atoms with E-state index in [9.17, 15) is 4.79 Å². The van der Waals surface area contributed by atoms with Crippen LogP contribution in [-0.2, 0) is 0 Å². The van der Waals surface area contributed by atoms with Gasteiger partial charge in [0.1, 0.15) is 5.75 Å². The standard InChI is InChI=1S/C33H34N2O2/c1-26(24-27-14-6-3-7-15-27)25-35(33(36)34-31-20-12-13-21-32(31)37-2)23-22-30(28-16-8-4-9-17-28)29-18-10-5-11-19-29/h3-21,24,30H,22-23,25H2,1-2H3,(H,34,36)/b26-24-. The van der Waals surface area contributed by atoms with E-state index in [4.69, 9.17) is 4.74 Å². The number of rotatable bonds is 10. The van der Waals surface area contributed by atoms with Crippen molar-refractivity contribution in [2.45, 2.75) is 19.3 Å². The molecule has 4 aromatic carbocycles. The highest BCUT2D eigenvalue weighted by molar-refractivity contribution is 5.91. The number of carbonyl (C=O) groups is 1. The number of anilines is 1. The second-order valence-electron chi connectivity index (χ2n) is 9.12. The normalized spacial score (nSPS) is 11.3. The average Bonchev–Trinajstić information content (AvgIpc) is 2.94. The zero-order valence-electron chi connectivity index (χ0n) is 21.5. The zero-order valence-corrected chi connectivity index (χ0v) is 21.5. The van der Waals surface area contributed by atoms with Gasteiger partial charge in [0, 0.05) is 19.0 Å². The van der Waals surface area contributed by atoms with Gasteiger partial charge < -0.3 is 15.0 Å².